The molecule has 1 saturated heterocycles. The van der Waals surface area contributed by atoms with Crippen molar-refractivity contribution in [1.82, 2.24) is 10.2 Å². The average molecular weight is 341 g/mol. The van der Waals surface area contributed by atoms with Gasteiger partial charge >= 0.3 is 0 Å². The van der Waals surface area contributed by atoms with Crippen molar-refractivity contribution in [3.8, 4) is 0 Å². The van der Waals surface area contributed by atoms with E-state index in [0.29, 0.717) is 6.04 Å². The lowest BCUT2D eigenvalue weighted by Crippen LogP contribution is -2.39. The van der Waals surface area contributed by atoms with Gasteiger partial charge in [-0.1, -0.05) is 34.1 Å². The van der Waals surface area contributed by atoms with E-state index in [9.17, 15) is 0 Å². The van der Waals surface area contributed by atoms with Crippen LogP contribution in [0.3, 0.4) is 0 Å². The van der Waals surface area contributed by atoms with Crippen LogP contribution in [0.2, 0.25) is 0 Å². The molecule has 0 unspecified atom stereocenters. The van der Waals surface area contributed by atoms with Gasteiger partial charge in [-0.2, -0.15) is 0 Å². The van der Waals surface area contributed by atoms with E-state index < -0.39 is 0 Å². The van der Waals surface area contributed by atoms with Gasteiger partial charge in [0, 0.05) is 17.1 Å². The van der Waals surface area contributed by atoms with Crippen LogP contribution in [-0.2, 0) is 0 Å². The van der Waals surface area contributed by atoms with E-state index in [4.69, 9.17) is 5.11 Å². The summed E-state index contributed by atoms with van der Waals surface area (Å²) in [5.74, 6) is 0.759. The SMILES string of the molecule is C[C@H](NCC1CCN(CCO)CC1)c1ccccc1Br. The minimum absolute atomic E-state index is 0.280. The van der Waals surface area contributed by atoms with E-state index in [0.717, 1.165) is 32.1 Å². The number of likely N-dealkylation sites (tertiary alicyclic amines) is 1. The van der Waals surface area contributed by atoms with Gasteiger partial charge in [-0.15, -0.1) is 0 Å². The number of rotatable bonds is 6. The van der Waals surface area contributed by atoms with E-state index >= 15 is 0 Å². The Hall–Kier alpha value is -0.420. The van der Waals surface area contributed by atoms with Crippen LogP contribution < -0.4 is 5.32 Å². The van der Waals surface area contributed by atoms with Crippen molar-refractivity contribution in [3.63, 3.8) is 0 Å². The van der Waals surface area contributed by atoms with Crippen LogP contribution in [-0.4, -0.2) is 42.8 Å². The van der Waals surface area contributed by atoms with Gasteiger partial charge in [0.25, 0.3) is 0 Å². The molecule has 0 spiro atoms. The molecule has 0 saturated carbocycles. The maximum atomic E-state index is 8.95. The molecule has 4 heteroatoms. The highest BCUT2D eigenvalue weighted by Gasteiger charge is 2.19. The van der Waals surface area contributed by atoms with Gasteiger partial charge in [0.2, 0.25) is 0 Å². The van der Waals surface area contributed by atoms with Gasteiger partial charge in [0.05, 0.1) is 6.61 Å². The molecule has 3 nitrogen and oxygen atoms in total. The fraction of sp³-hybridized carbons (Fsp3) is 0.625. The highest BCUT2D eigenvalue weighted by atomic mass is 79.9. The van der Waals surface area contributed by atoms with Crippen molar-refractivity contribution in [2.75, 3.05) is 32.8 Å². The van der Waals surface area contributed by atoms with Gasteiger partial charge < -0.3 is 15.3 Å². The Labute approximate surface area is 130 Å². The summed E-state index contributed by atoms with van der Waals surface area (Å²) in [6.45, 7) is 6.65. The zero-order chi connectivity index (χ0) is 14.4. The Morgan fingerprint density at radius 3 is 2.70 bits per heavy atom. The molecule has 0 bridgehead atoms. The molecule has 2 N–H and O–H groups in total. The Balaban J connectivity index is 1.75. The van der Waals surface area contributed by atoms with Gasteiger partial charge in [-0.3, -0.25) is 0 Å². The summed E-state index contributed by atoms with van der Waals surface area (Å²) in [7, 11) is 0. The van der Waals surface area contributed by atoms with Crippen molar-refractivity contribution in [3.05, 3.63) is 34.3 Å². The van der Waals surface area contributed by atoms with Gasteiger partial charge in [-0.05, 0) is 56.9 Å². The third-order valence-electron chi connectivity index (χ3n) is 4.21. The van der Waals surface area contributed by atoms with Crippen LogP contribution in [0, 0.1) is 5.92 Å². The fourth-order valence-electron chi connectivity index (χ4n) is 2.84. The van der Waals surface area contributed by atoms with Gasteiger partial charge in [-0.25, -0.2) is 0 Å². The molecule has 1 aromatic rings. The van der Waals surface area contributed by atoms with Crippen molar-refractivity contribution in [2.24, 2.45) is 5.92 Å². The van der Waals surface area contributed by atoms with Crippen LogP contribution in [0.5, 0.6) is 0 Å². The normalized spacial score (nSPS) is 19.1. The lowest BCUT2D eigenvalue weighted by atomic mass is 9.96. The number of nitrogens with one attached hydrogen (secondary N) is 1. The predicted molar refractivity (Wildman–Crippen MR) is 86.8 cm³/mol. The van der Waals surface area contributed by atoms with E-state index in [1.54, 1.807) is 0 Å². The molecule has 1 atom stereocenters. The smallest absolute Gasteiger partial charge is 0.0558 e. The molecule has 2 rings (SSSR count). The number of piperidine rings is 1. The van der Waals surface area contributed by atoms with E-state index in [2.05, 4.69) is 57.3 Å². The number of nitrogens with zero attached hydrogens (tertiary/aromatic N) is 1. The number of halogens is 1. The first kappa shape index (κ1) is 16.0. The Morgan fingerprint density at radius 2 is 2.05 bits per heavy atom. The quantitative estimate of drug-likeness (QED) is 0.835. The van der Waals surface area contributed by atoms with Crippen LogP contribution >= 0.6 is 15.9 Å². The molecule has 20 heavy (non-hydrogen) atoms. The maximum Gasteiger partial charge on any atom is 0.0558 e. The highest BCUT2D eigenvalue weighted by Crippen LogP contribution is 2.23. The topological polar surface area (TPSA) is 35.5 Å². The van der Waals surface area contributed by atoms with Crippen molar-refractivity contribution in [1.29, 1.82) is 0 Å². The zero-order valence-corrected chi connectivity index (χ0v) is 13.8. The molecule has 1 aromatic carbocycles. The summed E-state index contributed by atoms with van der Waals surface area (Å²) in [6.07, 6.45) is 2.46. The fourth-order valence-corrected chi connectivity index (χ4v) is 3.46. The lowest BCUT2D eigenvalue weighted by molar-refractivity contribution is 0.146. The molecular formula is C16H25BrN2O. The molecule has 0 aromatic heterocycles. The molecule has 1 aliphatic heterocycles. The molecule has 0 radical (unpaired) electrons. The molecule has 1 fully saturated rings. The number of β-amino-alcohol motifs (C(OH)–C–C–N with tert-alkyl or cyclic N) is 1. The molecule has 1 heterocycles. The van der Waals surface area contributed by atoms with E-state index in [1.807, 2.05) is 0 Å². The maximum absolute atomic E-state index is 8.95. The zero-order valence-electron chi connectivity index (χ0n) is 12.2. The minimum Gasteiger partial charge on any atom is -0.395 e. The summed E-state index contributed by atoms with van der Waals surface area (Å²) in [4.78, 5) is 2.35. The van der Waals surface area contributed by atoms with Crippen LogP contribution in [0.4, 0.5) is 0 Å². The third-order valence-corrected chi connectivity index (χ3v) is 4.93. The van der Waals surface area contributed by atoms with Gasteiger partial charge in [0.1, 0.15) is 0 Å². The number of benzene rings is 1. The number of hydrogen-bond acceptors (Lipinski definition) is 3. The lowest BCUT2D eigenvalue weighted by Gasteiger charge is -2.32. The second kappa shape index (κ2) is 8.13. The number of hydrogen-bond donors (Lipinski definition) is 2. The highest BCUT2D eigenvalue weighted by molar-refractivity contribution is 9.10. The molecule has 0 aliphatic carbocycles. The molecule has 0 amide bonds. The average Bonchev–Trinajstić information content (AvgIpc) is 2.47. The van der Waals surface area contributed by atoms with Crippen LogP contribution in [0.25, 0.3) is 0 Å². The minimum atomic E-state index is 0.280. The predicted octanol–water partition coefficient (Wildman–Crippen LogP) is 2.80. The second-order valence-corrected chi connectivity index (χ2v) is 6.51. The van der Waals surface area contributed by atoms with Crippen molar-refractivity contribution < 1.29 is 5.11 Å². The summed E-state index contributed by atoms with van der Waals surface area (Å²) in [5.41, 5.74) is 1.32. The van der Waals surface area contributed by atoms with Gasteiger partial charge in [0.15, 0.2) is 0 Å². The first-order valence-electron chi connectivity index (χ1n) is 7.51. The molecular weight excluding hydrogens is 316 g/mol. The largest absolute Gasteiger partial charge is 0.395 e. The van der Waals surface area contributed by atoms with E-state index in [1.165, 1.54) is 22.9 Å². The molecule has 112 valence electrons. The molecule has 1 aliphatic rings. The Kier molecular flexibility index (Phi) is 6.49. The first-order valence-corrected chi connectivity index (χ1v) is 8.31. The van der Waals surface area contributed by atoms with E-state index in [-0.39, 0.29) is 6.61 Å². The summed E-state index contributed by atoms with van der Waals surface area (Å²) < 4.78 is 1.18. The number of aliphatic hydroxyl groups is 1. The Bertz CT molecular complexity index is 405. The van der Waals surface area contributed by atoms with Crippen molar-refractivity contribution in [2.45, 2.75) is 25.8 Å². The first-order chi connectivity index (χ1) is 9.70. The second-order valence-electron chi connectivity index (χ2n) is 5.66. The van der Waals surface area contributed by atoms with Crippen LogP contribution in [0.1, 0.15) is 31.4 Å². The van der Waals surface area contributed by atoms with Crippen LogP contribution in [0.15, 0.2) is 28.7 Å². The van der Waals surface area contributed by atoms with Crippen molar-refractivity contribution >= 4 is 15.9 Å². The summed E-state index contributed by atoms with van der Waals surface area (Å²) in [6, 6.07) is 8.79. The summed E-state index contributed by atoms with van der Waals surface area (Å²) in [5, 5.41) is 12.6. The Morgan fingerprint density at radius 1 is 1.35 bits per heavy atom. The third kappa shape index (κ3) is 4.55. The monoisotopic (exact) mass is 340 g/mol. The standard InChI is InChI=1S/C16H25BrN2O/c1-13(15-4-2-3-5-16(15)17)18-12-14-6-8-19(9-7-14)10-11-20/h2-5,13-14,18,20H,6-12H2,1H3/t13-/m0/s1. The summed E-state index contributed by atoms with van der Waals surface area (Å²) >= 11 is 3.62. The number of aliphatic hydroxyl groups excluding tert-OH is 1.